The molecule has 0 saturated carbocycles. The first-order chi connectivity index (χ1) is 5.49. The first kappa shape index (κ1) is 10.9. The van der Waals surface area contributed by atoms with Crippen molar-refractivity contribution in [2.45, 2.75) is 25.2 Å². The van der Waals surface area contributed by atoms with E-state index in [2.05, 4.69) is 4.74 Å². The highest BCUT2D eigenvalue weighted by atomic mass is 16.7. The molecule has 0 spiro atoms. The van der Waals surface area contributed by atoms with Crippen LogP contribution in [0.5, 0.6) is 0 Å². The van der Waals surface area contributed by atoms with Crippen molar-refractivity contribution in [1.29, 1.82) is 0 Å². The number of hydrogen-bond donors (Lipinski definition) is 3. The van der Waals surface area contributed by atoms with Crippen molar-refractivity contribution in [2.75, 3.05) is 0 Å². The van der Waals surface area contributed by atoms with Gasteiger partial charge in [0.2, 0.25) is 0 Å². The van der Waals surface area contributed by atoms with Crippen LogP contribution in [0.2, 0.25) is 0 Å². The van der Waals surface area contributed by atoms with Crippen LogP contribution in [-0.2, 0) is 9.53 Å². The summed E-state index contributed by atoms with van der Waals surface area (Å²) in [5, 5.41) is 25.8. The van der Waals surface area contributed by atoms with Crippen LogP contribution in [0.4, 0.5) is 4.79 Å². The first-order valence-corrected chi connectivity index (χ1v) is 3.20. The van der Waals surface area contributed by atoms with Gasteiger partial charge < -0.3 is 24.9 Å². The number of ether oxygens (including phenoxy) is 1. The van der Waals surface area contributed by atoms with E-state index in [9.17, 15) is 9.59 Å². The van der Waals surface area contributed by atoms with Gasteiger partial charge in [-0.2, -0.15) is 0 Å². The SMILES string of the molecule is C[C@H](O)[C@@H](OC(=O)O)[C@@H](O)C=O. The highest BCUT2D eigenvalue weighted by Gasteiger charge is 2.27. The number of rotatable bonds is 4. The first-order valence-electron chi connectivity index (χ1n) is 3.20. The molecule has 70 valence electrons. The Morgan fingerprint density at radius 1 is 1.50 bits per heavy atom. The Morgan fingerprint density at radius 2 is 2.00 bits per heavy atom. The van der Waals surface area contributed by atoms with Gasteiger partial charge >= 0.3 is 6.16 Å². The standard InChI is InChI=1S/C6H10O6/c1-3(8)5(4(9)2-7)12-6(10)11/h2-5,8-9H,1H3,(H,10,11)/t3-,4-,5+/m0/s1. The number of aliphatic hydroxyl groups is 2. The quantitative estimate of drug-likeness (QED) is 0.376. The van der Waals surface area contributed by atoms with E-state index in [-0.39, 0.29) is 6.29 Å². The Labute approximate surface area is 68.4 Å². The summed E-state index contributed by atoms with van der Waals surface area (Å²) < 4.78 is 4.05. The molecule has 3 atom stereocenters. The lowest BCUT2D eigenvalue weighted by Crippen LogP contribution is -2.40. The zero-order chi connectivity index (χ0) is 9.72. The Hall–Kier alpha value is -1.14. The van der Waals surface area contributed by atoms with Crippen molar-refractivity contribution in [3.63, 3.8) is 0 Å². The van der Waals surface area contributed by atoms with E-state index in [1.165, 1.54) is 6.92 Å². The van der Waals surface area contributed by atoms with Crippen molar-refractivity contribution in [3.05, 3.63) is 0 Å². The van der Waals surface area contributed by atoms with Crippen molar-refractivity contribution < 1.29 is 29.6 Å². The molecule has 0 aromatic heterocycles. The van der Waals surface area contributed by atoms with Gasteiger partial charge in [-0.3, -0.25) is 0 Å². The monoisotopic (exact) mass is 178 g/mol. The van der Waals surface area contributed by atoms with Crippen LogP contribution in [-0.4, -0.2) is 46.1 Å². The van der Waals surface area contributed by atoms with Gasteiger partial charge in [-0.1, -0.05) is 0 Å². The summed E-state index contributed by atoms with van der Waals surface area (Å²) in [7, 11) is 0. The molecule has 6 nitrogen and oxygen atoms in total. The molecule has 0 fully saturated rings. The minimum absolute atomic E-state index is 0.0975. The van der Waals surface area contributed by atoms with Gasteiger partial charge in [0.15, 0.2) is 12.4 Å². The largest absolute Gasteiger partial charge is 0.506 e. The molecule has 0 aromatic rings. The van der Waals surface area contributed by atoms with Crippen LogP contribution >= 0.6 is 0 Å². The van der Waals surface area contributed by atoms with Crippen molar-refractivity contribution in [1.82, 2.24) is 0 Å². The second-order valence-corrected chi connectivity index (χ2v) is 2.22. The molecule has 0 aromatic carbocycles. The predicted molar refractivity (Wildman–Crippen MR) is 36.6 cm³/mol. The third kappa shape index (κ3) is 3.31. The third-order valence-electron chi connectivity index (χ3n) is 1.19. The topological polar surface area (TPSA) is 104 Å². The van der Waals surface area contributed by atoms with Crippen LogP contribution in [0.15, 0.2) is 0 Å². The van der Waals surface area contributed by atoms with E-state index >= 15 is 0 Å². The summed E-state index contributed by atoms with van der Waals surface area (Å²) in [6.45, 7) is 1.21. The molecular formula is C6H10O6. The van der Waals surface area contributed by atoms with E-state index in [0.717, 1.165) is 0 Å². The van der Waals surface area contributed by atoms with Crippen LogP contribution in [0, 0.1) is 0 Å². The zero-order valence-corrected chi connectivity index (χ0v) is 6.38. The van der Waals surface area contributed by atoms with Gasteiger partial charge in [-0.15, -0.1) is 0 Å². The van der Waals surface area contributed by atoms with E-state index in [0.29, 0.717) is 0 Å². The predicted octanol–water partition coefficient (Wildman–Crippen LogP) is -1.01. The smallest absolute Gasteiger partial charge is 0.450 e. The van der Waals surface area contributed by atoms with Gasteiger partial charge in [0.05, 0.1) is 6.10 Å². The van der Waals surface area contributed by atoms with Crippen LogP contribution in [0.3, 0.4) is 0 Å². The lowest BCUT2D eigenvalue weighted by atomic mass is 10.1. The molecule has 0 bridgehead atoms. The summed E-state index contributed by atoms with van der Waals surface area (Å²) in [6.07, 6.45) is -5.86. The van der Waals surface area contributed by atoms with Gasteiger partial charge in [0.25, 0.3) is 0 Å². The van der Waals surface area contributed by atoms with Crippen LogP contribution < -0.4 is 0 Å². The average Bonchev–Trinajstić information content (AvgIpc) is 1.98. The fraction of sp³-hybridized carbons (Fsp3) is 0.667. The molecule has 0 heterocycles. The fourth-order valence-electron chi connectivity index (χ4n) is 0.647. The lowest BCUT2D eigenvalue weighted by molar-refractivity contribution is -0.127. The number of aldehydes is 1. The molecule has 0 radical (unpaired) electrons. The normalized spacial score (nSPS) is 17.6. The summed E-state index contributed by atoms with van der Waals surface area (Å²) in [5.74, 6) is 0. The molecule has 12 heavy (non-hydrogen) atoms. The second kappa shape index (κ2) is 4.68. The Balaban J connectivity index is 4.22. The second-order valence-electron chi connectivity index (χ2n) is 2.22. The highest BCUT2D eigenvalue weighted by molar-refractivity contribution is 5.60. The molecule has 6 heteroatoms. The number of carboxylic acid groups (broad SMARTS) is 1. The summed E-state index contributed by atoms with van der Waals surface area (Å²) in [4.78, 5) is 20.0. The van der Waals surface area contributed by atoms with Crippen molar-refractivity contribution in [3.8, 4) is 0 Å². The number of hydrogen-bond acceptors (Lipinski definition) is 5. The van der Waals surface area contributed by atoms with E-state index in [1.54, 1.807) is 0 Å². The minimum Gasteiger partial charge on any atom is -0.450 e. The molecular weight excluding hydrogens is 168 g/mol. The van der Waals surface area contributed by atoms with E-state index in [1.807, 2.05) is 0 Å². The van der Waals surface area contributed by atoms with Gasteiger partial charge in [-0.05, 0) is 6.92 Å². The Kier molecular flexibility index (Phi) is 4.24. The maximum atomic E-state index is 10.00. The summed E-state index contributed by atoms with van der Waals surface area (Å²) in [5.41, 5.74) is 0. The molecule has 0 unspecified atom stereocenters. The summed E-state index contributed by atoms with van der Waals surface area (Å²) in [6, 6.07) is 0. The van der Waals surface area contributed by atoms with Gasteiger partial charge in [0.1, 0.15) is 6.10 Å². The molecule has 0 saturated heterocycles. The lowest BCUT2D eigenvalue weighted by Gasteiger charge is -2.19. The summed E-state index contributed by atoms with van der Waals surface area (Å²) >= 11 is 0. The van der Waals surface area contributed by atoms with E-state index < -0.39 is 24.5 Å². The Morgan fingerprint density at radius 3 is 2.25 bits per heavy atom. The van der Waals surface area contributed by atoms with Gasteiger partial charge in [-0.25, -0.2) is 4.79 Å². The Bertz CT molecular complexity index is 165. The molecule has 0 aliphatic carbocycles. The molecule has 0 aliphatic rings. The maximum Gasteiger partial charge on any atom is 0.506 e. The molecule has 3 N–H and O–H groups in total. The molecule has 0 rings (SSSR count). The average molecular weight is 178 g/mol. The van der Waals surface area contributed by atoms with Crippen molar-refractivity contribution >= 4 is 12.4 Å². The minimum atomic E-state index is -1.65. The van der Waals surface area contributed by atoms with Crippen LogP contribution in [0.25, 0.3) is 0 Å². The maximum absolute atomic E-state index is 10.00. The number of carbonyl (C=O) groups excluding carboxylic acids is 1. The molecule has 0 aliphatic heterocycles. The number of carbonyl (C=O) groups is 2. The van der Waals surface area contributed by atoms with Gasteiger partial charge in [0, 0.05) is 0 Å². The fourth-order valence-corrected chi connectivity index (χ4v) is 0.647. The zero-order valence-electron chi connectivity index (χ0n) is 6.38. The highest BCUT2D eigenvalue weighted by Crippen LogP contribution is 2.03. The van der Waals surface area contributed by atoms with E-state index in [4.69, 9.17) is 15.3 Å². The van der Waals surface area contributed by atoms with Crippen LogP contribution in [0.1, 0.15) is 6.92 Å². The van der Waals surface area contributed by atoms with Crippen molar-refractivity contribution in [2.24, 2.45) is 0 Å². The molecule has 0 amide bonds. The third-order valence-corrected chi connectivity index (χ3v) is 1.19. The number of aliphatic hydroxyl groups excluding tert-OH is 2.